The molecule has 0 saturated carbocycles. The zero-order valence-corrected chi connectivity index (χ0v) is 15.9. The van der Waals surface area contributed by atoms with Crippen LogP contribution in [0, 0.1) is 0 Å². The second-order valence-electron chi connectivity index (χ2n) is 4.95. The van der Waals surface area contributed by atoms with Crippen LogP contribution in [-0.4, -0.2) is 18.2 Å². The lowest BCUT2D eigenvalue weighted by Crippen LogP contribution is -2.23. The number of carbonyl (C=O) groups excluding carboxylic acids is 1. The van der Waals surface area contributed by atoms with Crippen molar-refractivity contribution in [1.29, 1.82) is 0 Å². The fourth-order valence-electron chi connectivity index (χ4n) is 1.90. The minimum absolute atomic E-state index is 0.134. The molecule has 0 atom stereocenters. The molecular weight excluding hydrogens is 385 g/mol. The average Bonchev–Trinajstić information content (AvgIpc) is 2.57. The molecule has 0 aliphatic heterocycles. The zero-order valence-electron chi connectivity index (χ0n) is 12.8. The van der Waals surface area contributed by atoms with E-state index in [1.807, 2.05) is 30.3 Å². The van der Waals surface area contributed by atoms with Crippen LogP contribution in [0.25, 0.3) is 6.08 Å². The second-order valence-corrected chi connectivity index (χ2v) is 7.27. The summed E-state index contributed by atoms with van der Waals surface area (Å²) in [6.45, 7) is 0.595. The first-order valence-corrected chi connectivity index (χ1v) is 9.57. The van der Waals surface area contributed by atoms with E-state index in [4.69, 9.17) is 34.8 Å². The van der Waals surface area contributed by atoms with Gasteiger partial charge in [0.05, 0.1) is 10.0 Å². The molecule has 0 aromatic heterocycles. The number of thioether (sulfide) groups is 1. The number of rotatable bonds is 7. The van der Waals surface area contributed by atoms with E-state index in [2.05, 4.69) is 5.32 Å². The third-order valence-electron chi connectivity index (χ3n) is 3.12. The maximum absolute atomic E-state index is 11.8. The van der Waals surface area contributed by atoms with E-state index in [-0.39, 0.29) is 5.91 Å². The quantitative estimate of drug-likeness (QED) is 0.476. The van der Waals surface area contributed by atoms with Gasteiger partial charge in [-0.15, -0.1) is 0 Å². The van der Waals surface area contributed by atoms with E-state index in [0.29, 0.717) is 21.6 Å². The molecule has 0 fully saturated rings. The Labute approximate surface area is 161 Å². The molecule has 1 amide bonds. The van der Waals surface area contributed by atoms with Gasteiger partial charge in [-0.1, -0.05) is 59.1 Å². The molecule has 2 aromatic carbocycles. The maximum Gasteiger partial charge on any atom is 0.244 e. The summed E-state index contributed by atoms with van der Waals surface area (Å²) < 4.78 is 0. The monoisotopic (exact) mass is 399 g/mol. The Morgan fingerprint density at radius 1 is 1.04 bits per heavy atom. The van der Waals surface area contributed by atoms with Gasteiger partial charge in [-0.3, -0.25) is 4.79 Å². The van der Waals surface area contributed by atoms with Crippen molar-refractivity contribution >= 4 is 58.5 Å². The van der Waals surface area contributed by atoms with E-state index < -0.39 is 0 Å². The molecule has 0 heterocycles. The molecule has 0 saturated heterocycles. The molecule has 2 rings (SSSR count). The van der Waals surface area contributed by atoms with E-state index in [1.165, 1.54) is 6.08 Å². The summed E-state index contributed by atoms with van der Waals surface area (Å²) >= 11 is 19.6. The smallest absolute Gasteiger partial charge is 0.244 e. The van der Waals surface area contributed by atoms with Crippen LogP contribution < -0.4 is 5.32 Å². The Morgan fingerprint density at radius 2 is 1.83 bits per heavy atom. The summed E-state index contributed by atoms with van der Waals surface area (Å²) in [4.78, 5) is 11.8. The van der Waals surface area contributed by atoms with Crippen LogP contribution in [0.1, 0.15) is 11.1 Å². The molecule has 126 valence electrons. The standard InChI is InChI=1S/C18H16Cl3NOS/c19-15-4-2-1-3-14(15)6-8-18(23)22-9-10-24-12-13-5-7-16(20)17(21)11-13/h1-8,11H,9-10,12H2,(H,22,23)/b8-6+. The van der Waals surface area contributed by atoms with Gasteiger partial charge in [0.2, 0.25) is 5.91 Å². The maximum atomic E-state index is 11.8. The summed E-state index contributed by atoms with van der Waals surface area (Å²) in [5, 5.41) is 4.59. The van der Waals surface area contributed by atoms with Crippen molar-refractivity contribution in [1.82, 2.24) is 5.32 Å². The lowest BCUT2D eigenvalue weighted by Gasteiger charge is -2.04. The number of benzene rings is 2. The normalized spacial score (nSPS) is 11.0. The number of nitrogens with one attached hydrogen (secondary N) is 1. The summed E-state index contributed by atoms with van der Waals surface area (Å²) in [5.41, 5.74) is 1.93. The number of amides is 1. The van der Waals surface area contributed by atoms with Crippen LogP contribution >= 0.6 is 46.6 Å². The van der Waals surface area contributed by atoms with Gasteiger partial charge < -0.3 is 5.32 Å². The van der Waals surface area contributed by atoms with E-state index in [1.54, 1.807) is 30.0 Å². The highest BCUT2D eigenvalue weighted by Gasteiger charge is 2.01. The van der Waals surface area contributed by atoms with Crippen molar-refractivity contribution < 1.29 is 4.79 Å². The third kappa shape index (κ3) is 6.40. The van der Waals surface area contributed by atoms with Gasteiger partial charge in [-0.25, -0.2) is 0 Å². The molecule has 1 N–H and O–H groups in total. The summed E-state index contributed by atoms with van der Waals surface area (Å²) in [6.07, 6.45) is 3.20. The van der Waals surface area contributed by atoms with Gasteiger partial charge in [0.15, 0.2) is 0 Å². The van der Waals surface area contributed by atoms with Crippen LogP contribution in [0.5, 0.6) is 0 Å². The van der Waals surface area contributed by atoms with Gasteiger partial charge >= 0.3 is 0 Å². The van der Waals surface area contributed by atoms with Crippen molar-refractivity contribution in [3.8, 4) is 0 Å². The van der Waals surface area contributed by atoms with E-state index in [0.717, 1.165) is 22.6 Å². The van der Waals surface area contributed by atoms with Crippen molar-refractivity contribution in [2.45, 2.75) is 5.75 Å². The molecule has 0 bridgehead atoms. The third-order valence-corrected chi connectivity index (χ3v) is 5.23. The van der Waals surface area contributed by atoms with Crippen LogP contribution in [0.15, 0.2) is 48.5 Å². The highest BCUT2D eigenvalue weighted by atomic mass is 35.5. The topological polar surface area (TPSA) is 29.1 Å². The molecule has 0 aliphatic rings. The Balaban J connectivity index is 1.67. The van der Waals surface area contributed by atoms with Gasteiger partial charge in [0.1, 0.15) is 0 Å². The predicted octanol–water partition coefficient (Wildman–Crippen LogP) is 5.71. The first-order chi connectivity index (χ1) is 11.6. The molecule has 0 aliphatic carbocycles. The van der Waals surface area contributed by atoms with Gasteiger partial charge in [-0.05, 0) is 35.4 Å². The molecule has 6 heteroatoms. The highest BCUT2D eigenvalue weighted by molar-refractivity contribution is 7.98. The zero-order chi connectivity index (χ0) is 17.4. The van der Waals surface area contributed by atoms with Crippen LogP contribution in [0.4, 0.5) is 0 Å². The Hall–Kier alpha value is -1.13. The predicted molar refractivity (Wildman–Crippen MR) is 106 cm³/mol. The molecule has 2 aromatic rings. The number of halogens is 3. The van der Waals surface area contributed by atoms with Gasteiger partial charge in [0.25, 0.3) is 0 Å². The Kier molecular flexibility index (Phi) is 8.00. The summed E-state index contributed by atoms with van der Waals surface area (Å²) in [7, 11) is 0. The van der Waals surface area contributed by atoms with E-state index >= 15 is 0 Å². The minimum atomic E-state index is -0.134. The van der Waals surface area contributed by atoms with Gasteiger partial charge in [0, 0.05) is 29.1 Å². The molecule has 0 radical (unpaired) electrons. The van der Waals surface area contributed by atoms with Gasteiger partial charge in [-0.2, -0.15) is 11.8 Å². The van der Waals surface area contributed by atoms with E-state index in [9.17, 15) is 4.79 Å². The summed E-state index contributed by atoms with van der Waals surface area (Å²) in [5.74, 6) is 1.50. The largest absolute Gasteiger partial charge is 0.352 e. The number of carbonyl (C=O) groups is 1. The van der Waals surface area contributed by atoms with Crippen molar-refractivity contribution in [3.63, 3.8) is 0 Å². The lowest BCUT2D eigenvalue weighted by atomic mass is 10.2. The first kappa shape index (κ1) is 19.2. The molecule has 24 heavy (non-hydrogen) atoms. The summed E-state index contributed by atoms with van der Waals surface area (Å²) in [6, 6.07) is 13.0. The molecule has 0 unspecified atom stereocenters. The molecule has 0 spiro atoms. The SMILES string of the molecule is O=C(/C=C/c1ccccc1Cl)NCCSCc1ccc(Cl)c(Cl)c1. The van der Waals surface area contributed by atoms with Crippen molar-refractivity contribution in [2.24, 2.45) is 0 Å². The lowest BCUT2D eigenvalue weighted by molar-refractivity contribution is -0.116. The first-order valence-electron chi connectivity index (χ1n) is 7.28. The second kappa shape index (κ2) is 10.00. The van der Waals surface area contributed by atoms with Crippen LogP contribution in [-0.2, 0) is 10.5 Å². The fraction of sp³-hybridized carbons (Fsp3) is 0.167. The minimum Gasteiger partial charge on any atom is -0.352 e. The molecule has 2 nitrogen and oxygen atoms in total. The number of hydrogen-bond donors (Lipinski definition) is 1. The highest BCUT2D eigenvalue weighted by Crippen LogP contribution is 2.24. The van der Waals surface area contributed by atoms with Crippen LogP contribution in [0.3, 0.4) is 0 Å². The molecular formula is C18H16Cl3NOS. The van der Waals surface area contributed by atoms with Crippen LogP contribution in [0.2, 0.25) is 15.1 Å². The Morgan fingerprint density at radius 3 is 2.58 bits per heavy atom. The van der Waals surface area contributed by atoms with Crippen molar-refractivity contribution in [3.05, 3.63) is 74.7 Å². The average molecular weight is 401 g/mol. The Bertz CT molecular complexity index is 734. The van der Waals surface area contributed by atoms with Crippen molar-refractivity contribution in [2.75, 3.05) is 12.3 Å². The number of hydrogen-bond acceptors (Lipinski definition) is 2. The fourth-order valence-corrected chi connectivity index (χ4v) is 3.23.